The Hall–Kier alpha value is -2.95. The minimum atomic E-state index is -4.32. The molecule has 0 aliphatic carbocycles. The summed E-state index contributed by atoms with van der Waals surface area (Å²) in [6, 6.07) is 8.19. The lowest BCUT2D eigenvalue weighted by atomic mass is 9.70. The fourth-order valence-corrected chi connectivity index (χ4v) is 3.90. The number of nitrogens with zero attached hydrogens (tertiary/aromatic N) is 3. The van der Waals surface area contributed by atoms with Crippen LogP contribution >= 0.6 is 0 Å². The molecule has 4 heterocycles. The van der Waals surface area contributed by atoms with E-state index in [-0.39, 0.29) is 28.8 Å². The lowest BCUT2D eigenvalue weighted by Gasteiger charge is -2.54. The first kappa shape index (κ1) is 22.3. The SMILES string of the molecule is COc1nc(C(=O)N2CCC3(c4ccccn4)COC3C2)ccc1OCC(F)(F)C(F)F. The van der Waals surface area contributed by atoms with Crippen molar-refractivity contribution < 1.29 is 36.6 Å². The Labute approximate surface area is 181 Å². The molecule has 2 fully saturated rings. The Balaban J connectivity index is 1.45. The molecule has 0 aromatic carbocycles. The first-order valence-corrected chi connectivity index (χ1v) is 9.93. The van der Waals surface area contributed by atoms with E-state index < -0.39 is 24.9 Å². The number of carbonyl (C=O) groups excluding carboxylic acids is 1. The highest BCUT2D eigenvalue weighted by atomic mass is 19.3. The number of pyridine rings is 2. The second-order valence-corrected chi connectivity index (χ2v) is 7.73. The van der Waals surface area contributed by atoms with Crippen molar-refractivity contribution >= 4 is 5.91 Å². The van der Waals surface area contributed by atoms with E-state index in [0.717, 1.165) is 5.69 Å². The van der Waals surface area contributed by atoms with E-state index >= 15 is 0 Å². The number of likely N-dealkylation sites (tertiary alicyclic amines) is 1. The fourth-order valence-electron chi connectivity index (χ4n) is 3.90. The third kappa shape index (κ3) is 3.96. The highest BCUT2D eigenvalue weighted by Crippen LogP contribution is 2.44. The van der Waals surface area contributed by atoms with E-state index in [0.29, 0.717) is 26.1 Å². The molecule has 2 unspecified atom stereocenters. The predicted octanol–water partition coefficient (Wildman–Crippen LogP) is 2.95. The molecule has 7 nitrogen and oxygen atoms in total. The van der Waals surface area contributed by atoms with Crippen molar-refractivity contribution in [3.8, 4) is 11.6 Å². The summed E-state index contributed by atoms with van der Waals surface area (Å²) in [6.07, 6.45) is -1.67. The molecule has 0 N–H and O–H groups in total. The van der Waals surface area contributed by atoms with Gasteiger partial charge in [0.05, 0.1) is 30.9 Å². The van der Waals surface area contributed by atoms with Crippen molar-refractivity contribution in [1.82, 2.24) is 14.9 Å². The van der Waals surface area contributed by atoms with Gasteiger partial charge in [-0.15, -0.1) is 0 Å². The number of piperidine rings is 1. The van der Waals surface area contributed by atoms with Gasteiger partial charge in [-0.05, 0) is 30.7 Å². The van der Waals surface area contributed by atoms with E-state index in [9.17, 15) is 22.4 Å². The number of fused-ring (bicyclic) bond motifs is 1. The van der Waals surface area contributed by atoms with Crippen LogP contribution in [0, 0.1) is 0 Å². The number of halogens is 4. The first-order valence-electron chi connectivity index (χ1n) is 9.93. The molecular weight excluding hydrogens is 434 g/mol. The molecule has 2 atom stereocenters. The van der Waals surface area contributed by atoms with Gasteiger partial charge in [0.25, 0.3) is 11.8 Å². The van der Waals surface area contributed by atoms with Crippen LogP contribution in [0.3, 0.4) is 0 Å². The van der Waals surface area contributed by atoms with Crippen molar-refractivity contribution in [3.63, 3.8) is 0 Å². The molecule has 2 aliphatic rings. The van der Waals surface area contributed by atoms with Gasteiger partial charge in [0, 0.05) is 19.3 Å². The molecule has 2 aromatic heterocycles. The quantitative estimate of drug-likeness (QED) is 0.598. The van der Waals surface area contributed by atoms with Crippen LogP contribution in [0.2, 0.25) is 0 Å². The summed E-state index contributed by atoms with van der Waals surface area (Å²) in [6.45, 7) is -0.203. The molecule has 32 heavy (non-hydrogen) atoms. The summed E-state index contributed by atoms with van der Waals surface area (Å²) in [4.78, 5) is 23.1. The molecule has 11 heteroatoms. The van der Waals surface area contributed by atoms with Gasteiger partial charge in [0.1, 0.15) is 5.69 Å². The minimum Gasteiger partial charge on any atom is -0.481 e. The van der Waals surface area contributed by atoms with Crippen LogP contribution in [0.25, 0.3) is 0 Å². The molecule has 2 aromatic rings. The molecule has 4 rings (SSSR count). The summed E-state index contributed by atoms with van der Waals surface area (Å²) in [7, 11) is 1.21. The Bertz CT molecular complexity index is 979. The molecule has 0 bridgehead atoms. The third-order valence-electron chi connectivity index (χ3n) is 5.81. The average Bonchev–Trinajstić information content (AvgIpc) is 2.78. The standard InChI is InChI=1S/C21H21F4N3O4/c1-30-17-14(31-12-21(24,25)19(22)23)6-5-13(27-17)18(29)28-9-7-20(11-32-16(20)10-28)15-4-2-3-8-26-15/h2-6,8,16,19H,7,9-12H2,1H3. The van der Waals surface area contributed by atoms with Crippen LogP contribution in [0.4, 0.5) is 17.6 Å². The molecule has 2 saturated heterocycles. The second-order valence-electron chi connectivity index (χ2n) is 7.73. The number of alkyl halides is 4. The molecule has 0 radical (unpaired) electrons. The highest BCUT2D eigenvalue weighted by Gasteiger charge is 2.54. The maximum Gasteiger partial charge on any atom is 0.340 e. The Kier molecular flexibility index (Phi) is 5.93. The summed E-state index contributed by atoms with van der Waals surface area (Å²) in [5.41, 5.74) is 0.723. The number of hydrogen-bond donors (Lipinski definition) is 0. The number of rotatable bonds is 7. The lowest BCUT2D eigenvalue weighted by Crippen LogP contribution is -2.65. The Morgan fingerprint density at radius 1 is 1.34 bits per heavy atom. The van der Waals surface area contributed by atoms with Gasteiger partial charge in [-0.1, -0.05) is 6.07 Å². The predicted molar refractivity (Wildman–Crippen MR) is 103 cm³/mol. The van der Waals surface area contributed by atoms with Gasteiger partial charge in [0.15, 0.2) is 12.4 Å². The van der Waals surface area contributed by atoms with Crippen LogP contribution in [0.5, 0.6) is 11.6 Å². The smallest absolute Gasteiger partial charge is 0.340 e. The van der Waals surface area contributed by atoms with Gasteiger partial charge < -0.3 is 19.1 Å². The number of methoxy groups -OCH3 is 1. The number of ether oxygens (including phenoxy) is 3. The normalized spacial score (nSPS) is 22.8. The topological polar surface area (TPSA) is 73.8 Å². The van der Waals surface area contributed by atoms with Gasteiger partial charge in [-0.3, -0.25) is 9.78 Å². The van der Waals surface area contributed by atoms with Crippen molar-refractivity contribution in [3.05, 3.63) is 47.9 Å². The number of aromatic nitrogens is 2. The van der Waals surface area contributed by atoms with Crippen LogP contribution in [-0.4, -0.2) is 72.6 Å². The van der Waals surface area contributed by atoms with E-state index in [2.05, 4.69) is 9.97 Å². The van der Waals surface area contributed by atoms with Crippen LogP contribution < -0.4 is 9.47 Å². The largest absolute Gasteiger partial charge is 0.481 e. The minimum absolute atomic E-state index is 0.0134. The molecule has 2 aliphatic heterocycles. The first-order chi connectivity index (χ1) is 15.3. The zero-order valence-electron chi connectivity index (χ0n) is 17.1. The molecule has 0 spiro atoms. The maximum atomic E-state index is 13.1. The van der Waals surface area contributed by atoms with E-state index in [1.165, 1.54) is 19.2 Å². The van der Waals surface area contributed by atoms with Crippen LogP contribution in [0.15, 0.2) is 36.5 Å². The summed E-state index contributed by atoms with van der Waals surface area (Å²) in [5, 5.41) is 0. The zero-order chi connectivity index (χ0) is 22.9. The second kappa shape index (κ2) is 8.53. The van der Waals surface area contributed by atoms with E-state index in [1.54, 1.807) is 11.1 Å². The van der Waals surface area contributed by atoms with E-state index in [4.69, 9.17) is 14.2 Å². The van der Waals surface area contributed by atoms with Crippen LogP contribution in [-0.2, 0) is 10.2 Å². The third-order valence-corrected chi connectivity index (χ3v) is 5.81. The Morgan fingerprint density at radius 2 is 2.16 bits per heavy atom. The van der Waals surface area contributed by atoms with Crippen LogP contribution in [0.1, 0.15) is 22.6 Å². The summed E-state index contributed by atoms with van der Waals surface area (Å²) < 4.78 is 66.4. The number of hydrogen-bond acceptors (Lipinski definition) is 6. The fraction of sp³-hybridized carbons (Fsp3) is 0.476. The molecule has 0 saturated carbocycles. The number of carbonyl (C=O) groups is 1. The molecular formula is C21H21F4N3O4. The summed E-state index contributed by atoms with van der Waals surface area (Å²) >= 11 is 0. The molecule has 172 valence electrons. The molecule has 1 amide bonds. The zero-order valence-corrected chi connectivity index (χ0v) is 17.1. The van der Waals surface area contributed by atoms with Gasteiger partial charge in [-0.25, -0.2) is 13.8 Å². The van der Waals surface area contributed by atoms with Gasteiger partial charge in [0.2, 0.25) is 0 Å². The Morgan fingerprint density at radius 3 is 2.75 bits per heavy atom. The van der Waals surface area contributed by atoms with Crippen molar-refractivity contribution in [2.45, 2.75) is 30.3 Å². The van der Waals surface area contributed by atoms with Gasteiger partial charge >= 0.3 is 12.3 Å². The number of amides is 1. The van der Waals surface area contributed by atoms with Crippen molar-refractivity contribution in [1.29, 1.82) is 0 Å². The highest BCUT2D eigenvalue weighted by molar-refractivity contribution is 5.92. The van der Waals surface area contributed by atoms with E-state index in [1.807, 2.05) is 18.2 Å². The van der Waals surface area contributed by atoms with Crippen molar-refractivity contribution in [2.24, 2.45) is 0 Å². The van der Waals surface area contributed by atoms with Gasteiger partial charge in [-0.2, -0.15) is 8.78 Å². The lowest BCUT2D eigenvalue weighted by molar-refractivity contribution is -0.169. The summed E-state index contributed by atoms with van der Waals surface area (Å²) in [5.74, 6) is -5.23. The average molecular weight is 455 g/mol. The monoisotopic (exact) mass is 455 g/mol. The van der Waals surface area contributed by atoms with Crippen molar-refractivity contribution in [2.75, 3.05) is 33.4 Å². The maximum absolute atomic E-state index is 13.1.